The number of aryl methyl sites for hydroxylation is 1. The third-order valence-corrected chi connectivity index (χ3v) is 8.68. The summed E-state index contributed by atoms with van der Waals surface area (Å²) in [6, 6.07) is 5.43. The molecule has 0 bridgehead atoms. The number of fused-ring (bicyclic) bond motifs is 1. The Morgan fingerprint density at radius 1 is 1.24 bits per heavy atom. The van der Waals surface area contributed by atoms with E-state index in [2.05, 4.69) is 39.1 Å². The number of nitrogens with one attached hydrogen (secondary N) is 4. The number of hydrogen-bond donors (Lipinski definition) is 5. The molecule has 3 fully saturated rings. The first-order chi connectivity index (χ1) is 18.1. The van der Waals surface area contributed by atoms with Crippen molar-refractivity contribution < 1.29 is 14.2 Å². The van der Waals surface area contributed by atoms with Crippen LogP contribution in [0.5, 0.6) is 5.75 Å². The summed E-state index contributed by atoms with van der Waals surface area (Å²) >= 11 is 0. The molecule has 4 aliphatic rings. The van der Waals surface area contributed by atoms with Crippen LogP contribution in [-0.2, 0) is 11.2 Å². The molecule has 1 aliphatic carbocycles. The van der Waals surface area contributed by atoms with Crippen LogP contribution in [0.3, 0.4) is 0 Å². The third-order valence-electron chi connectivity index (χ3n) is 8.68. The van der Waals surface area contributed by atoms with Gasteiger partial charge in [-0.1, -0.05) is 19.1 Å². The van der Waals surface area contributed by atoms with Crippen LogP contribution in [0.4, 0.5) is 4.39 Å². The van der Waals surface area contributed by atoms with Crippen LogP contribution in [0.25, 0.3) is 5.57 Å². The molecule has 1 aromatic heterocycles. The summed E-state index contributed by atoms with van der Waals surface area (Å²) in [7, 11) is 0. The lowest BCUT2D eigenvalue weighted by Crippen LogP contribution is -2.49. The lowest BCUT2D eigenvalue weighted by atomic mass is 9.71. The Morgan fingerprint density at radius 3 is 3.00 bits per heavy atom. The molecule has 6 atom stereocenters. The van der Waals surface area contributed by atoms with Crippen LogP contribution in [0.2, 0.25) is 0 Å². The molecule has 200 valence electrons. The molecule has 0 spiro atoms. The summed E-state index contributed by atoms with van der Waals surface area (Å²) < 4.78 is 21.5. The number of phenols is 1. The van der Waals surface area contributed by atoms with Crippen molar-refractivity contribution in [2.24, 2.45) is 5.92 Å². The van der Waals surface area contributed by atoms with Crippen LogP contribution < -0.4 is 16.2 Å². The van der Waals surface area contributed by atoms with Crippen molar-refractivity contribution in [3.8, 4) is 5.75 Å². The highest BCUT2D eigenvalue weighted by Gasteiger charge is 2.48. The zero-order valence-electron chi connectivity index (χ0n) is 21.5. The number of imidazole rings is 1. The number of aromatic amines is 1. The number of benzene rings is 1. The molecule has 2 saturated heterocycles. The maximum Gasteiger partial charge on any atom is 0.125 e. The predicted molar refractivity (Wildman–Crippen MR) is 141 cm³/mol. The van der Waals surface area contributed by atoms with E-state index in [9.17, 15) is 5.11 Å². The maximum absolute atomic E-state index is 15.9. The standard InChI is InChI=1S/C28H39FN6O2/c1-2-17-12-20(36)5-6-21(17)22-7-8-23-26(25(22)29)33-34-27(23)28-31-13-24(32-28)18-4-3-10-35(14-18)15-19-16-37-11-9-30-19/h4-6,12-13,19,22-23,25-27,30,33-34,36H,2-3,7-11,14-16H2,1H3,(H,31,32)/t19-,22?,23?,25?,26?,27?/m1/s1. The predicted octanol–water partition coefficient (Wildman–Crippen LogP) is 2.80. The van der Waals surface area contributed by atoms with Gasteiger partial charge in [0.1, 0.15) is 17.7 Å². The largest absolute Gasteiger partial charge is 0.508 e. The van der Waals surface area contributed by atoms with Crippen LogP contribution in [0, 0.1) is 5.92 Å². The van der Waals surface area contributed by atoms with Gasteiger partial charge in [-0.25, -0.2) is 14.8 Å². The SMILES string of the molecule is CCc1cc(O)ccc1C1CCC2C(c3ncc(C4=CCCN(C[C@@H]5COCCN5)C4)[nH]3)NNC2C1F. The Hall–Kier alpha value is -2.30. The Bertz CT molecular complexity index is 1120. The summed E-state index contributed by atoms with van der Waals surface area (Å²) in [6.07, 6.45) is 6.74. The minimum absolute atomic E-state index is 0.0488. The number of aromatic hydroxyl groups is 1. The molecule has 2 aromatic rings. The first-order valence-electron chi connectivity index (χ1n) is 13.9. The number of halogens is 1. The van der Waals surface area contributed by atoms with E-state index in [1.54, 1.807) is 12.1 Å². The highest BCUT2D eigenvalue weighted by Crippen LogP contribution is 2.45. The van der Waals surface area contributed by atoms with Crippen LogP contribution in [0.15, 0.2) is 30.5 Å². The fraction of sp³-hybridized carbons (Fsp3) is 0.607. The smallest absolute Gasteiger partial charge is 0.125 e. The summed E-state index contributed by atoms with van der Waals surface area (Å²) in [5.74, 6) is 1.08. The van der Waals surface area contributed by atoms with Crippen molar-refractivity contribution in [1.29, 1.82) is 0 Å². The third kappa shape index (κ3) is 5.07. The number of rotatable bonds is 6. The molecule has 8 nitrogen and oxygen atoms in total. The van der Waals surface area contributed by atoms with Gasteiger partial charge in [0.25, 0.3) is 0 Å². The van der Waals surface area contributed by atoms with Crippen LogP contribution in [-0.4, -0.2) is 77.6 Å². The van der Waals surface area contributed by atoms with E-state index >= 15 is 4.39 Å². The molecule has 0 radical (unpaired) electrons. The van der Waals surface area contributed by atoms with Gasteiger partial charge in [-0.2, -0.15) is 0 Å². The van der Waals surface area contributed by atoms with Gasteiger partial charge >= 0.3 is 0 Å². The lowest BCUT2D eigenvalue weighted by molar-refractivity contribution is 0.0635. The fourth-order valence-electron chi connectivity index (χ4n) is 6.77. The van der Waals surface area contributed by atoms with Gasteiger partial charge in [0, 0.05) is 44.1 Å². The van der Waals surface area contributed by atoms with Crippen LogP contribution in [0.1, 0.15) is 60.8 Å². The van der Waals surface area contributed by atoms with E-state index in [-0.39, 0.29) is 29.7 Å². The molecular weight excluding hydrogens is 471 g/mol. The average molecular weight is 511 g/mol. The zero-order valence-corrected chi connectivity index (χ0v) is 21.5. The molecule has 6 rings (SSSR count). The molecule has 4 heterocycles. The van der Waals surface area contributed by atoms with Crippen molar-refractivity contribution >= 4 is 5.57 Å². The van der Waals surface area contributed by atoms with Crippen molar-refractivity contribution in [2.75, 3.05) is 39.4 Å². The van der Waals surface area contributed by atoms with Crippen molar-refractivity contribution in [3.63, 3.8) is 0 Å². The first kappa shape index (κ1) is 25.0. The summed E-state index contributed by atoms with van der Waals surface area (Å²) in [4.78, 5) is 10.8. The molecule has 37 heavy (non-hydrogen) atoms. The van der Waals surface area contributed by atoms with Crippen molar-refractivity contribution in [2.45, 2.75) is 62.8 Å². The Morgan fingerprint density at radius 2 is 2.16 bits per heavy atom. The number of aromatic nitrogens is 2. The number of ether oxygens (including phenoxy) is 1. The molecule has 1 saturated carbocycles. The van der Waals surface area contributed by atoms with Gasteiger partial charge in [-0.05, 0) is 54.5 Å². The summed E-state index contributed by atoms with van der Waals surface area (Å²) in [6.45, 7) is 7.48. The minimum Gasteiger partial charge on any atom is -0.508 e. The summed E-state index contributed by atoms with van der Waals surface area (Å²) in [5.41, 5.74) is 11.0. The number of hydrogen-bond acceptors (Lipinski definition) is 7. The number of H-pyrrole nitrogens is 1. The van der Waals surface area contributed by atoms with Gasteiger partial charge in [-0.15, -0.1) is 0 Å². The van der Waals surface area contributed by atoms with E-state index in [0.717, 1.165) is 87.7 Å². The van der Waals surface area contributed by atoms with Crippen molar-refractivity contribution in [1.82, 2.24) is 31.0 Å². The highest BCUT2D eigenvalue weighted by atomic mass is 19.1. The minimum atomic E-state index is -1.01. The molecule has 5 N–H and O–H groups in total. The van der Waals surface area contributed by atoms with Gasteiger partial charge in [-0.3, -0.25) is 10.3 Å². The Balaban J connectivity index is 1.12. The van der Waals surface area contributed by atoms with Crippen LogP contribution >= 0.6 is 0 Å². The van der Waals surface area contributed by atoms with Gasteiger partial charge in [0.05, 0.1) is 37.2 Å². The normalized spacial score (nSPS) is 32.8. The topological polar surface area (TPSA) is 97.5 Å². The quantitative estimate of drug-likeness (QED) is 0.408. The fourth-order valence-corrected chi connectivity index (χ4v) is 6.77. The molecule has 5 unspecified atom stereocenters. The Kier molecular flexibility index (Phi) is 7.31. The monoisotopic (exact) mass is 510 g/mol. The molecule has 1 aromatic carbocycles. The summed E-state index contributed by atoms with van der Waals surface area (Å²) in [5, 5.41) is 13.4. The lowest BCUT2D eigenvalue weighted by Gasteiger charge is -2.36. The van der Waals surface area contributed by atoms with E-state index in [1.807, 2.05) is 12.3 Å². The van der Waals surface area contributed by atoms with Gasteiger partial charge in [0.15, 0.2) is 0 Å². The van der Waals surface area contributed by atoms with Gasteiger partial charge in [0.2, 0.25) is 0 Å². The number of morpholine rings is 1. The zero-order chi connectivity index (χ0) is 25.4. The second kappa shape index (κ2) is 10.8. The average Bonchev–Trinajstić information content (AvgIpc) is 3.58. The van der Waals surface area contributed by atoms with E-state index in [0.29, 0.717) is 6.04 Å². The second-order valence-electron chi connectivity index (χ2n) is 11.0. The maximum atomic E-state index is 15.9. The second-order valence-corrected chi connectivity index (χ2v) is 11.0. The van der Waals surface area contributed by atoms with E-state index < -0.39 is 6.17 Å². The molecule has 9 heteroatoms. The number of phenolic OH excluding ortho intramolecular Hbond substituents is 1. The number of nitrogens with zero attached hydrogens (tertiary/aromatic N) is 2. The van der Waals surface area contributed by atoms with E-state index in [1.165, 1.54) is 5.57 Å². The highest BCUT2D eigenvalue weighted by molar-refractivity contribution is 5.64. The molecule has 3 aliphatic heterocycles. The molecular formula is C28H39FN6O2. The Labute approximate surface area is 218 Å². The number of hydrazine groups is 1. The first-order valence-corrected chi connectivity index (χ1v) is 13.9. The van der Waals surface area contributed by atoms with Crippen molar-refractivity contribution in [3.05, 3.63) is 53.1 Å². The number of alkyl halides is 1. The van der Waals surface area contributed by atoms with Gasteiger partial charge < -0.3 is 20.1 Å². The van der Waals surface area contributed by atoms with E-state index in [4.69, 9.17) is 9.72 Å². The molecule has 0 amide bonds.